The second-order valence-electron chi connectivity index (χ2n) is 9.23. The fourth-order valence-electron chi connectivity index (χ4n) is 5.67. The average Bonchev–Trinajstić information content (AvgIpc) is 2.68. The van der Waals surface area contributed by atoms with Gasteiger partial charge in [-0.2, -0.15) is 0 Å². The standard InChI is InChI=1S/C21H40ClN3O/c22-17-12-10-16(11-13-17)20(23)18-8-4-5-9-19(18)25-21(26)24-14-15-6-2-1-3-7-15/h15-21,24-26H,1-14,23H2/p+1. The molecule has 4 unspecified atom stereocenters. The van der Waals surface area contributed by atoms with Crippen molar-refractivity contribution in [1.29, 1.82) is 0 Å². The molecular weight excluding hydrogens is 346 g/mol. The third kappa shape index (κ3) is 6.07. The van der Waals surface area contributed by atoms with Crippen molar-refractivity contribution in [2.45, 2.75) is 107 Å². The van der Waals surface area contributed by atoms with E-state index < -0.39 is 6.35 Å². The van der Waals surface area contributed by atoms with E-state index in [1.54, 1.807) is 0 Å². The lowest BCUT2D eigenvalue weighted by atomic mass is 9.72. The summed E-state index contributed by atoms with van der Waals surface area (Å²) in [5.41, 5.74) is 6.75. The average molecular weight is 387 g/mol. The van der Waals surface area contributed by atoms with Gasteiger partial charge in [-0.3, -0.25) is 0 Å². The van der Waals surface area contributed by atoms with E-state index in [1.807, 2.05) is 0 Å². The van der Waals surface area contributed by atoms with Crippen molar-refractivity contribution in [2.24, 2.45) is 23.5 Å². The minimum absolute atomic E-state index is 0.252. The third-order valence-corrected chi connectivity index (χ3v) is 7.80. The van der Waals surface area contributed by atoms with Crippen LogP contribution in [0.25, 0.3) is 0 Å². The van der Waals surface area contributed by atoms with Crippen molar-refractivity contribution in [3.63, 3.8) is 0 Å². The number of hydrogen-bond donors (Lipinski definition) is 4. The lowest BCUT2D eigenvalue weighted by Crippen LogP contribution is -2.95. The molecule has 4 atom stereocenters. The van der Waals surface area contributed by atoms with E-state index in [0.717, 1.165) is 31.7 Å². The van der Waals surface area contributed by atoms with E-state index in [0.29, 0.717) is 23.3 Å². The molecule has 0 heterocycles. The summed E-state index contributed by atoms with van der Waals surface area (Å²) in [5.74, 6) is 1.90. The number of alkyl halides is 1. The van der Waals surface area contributed by atoms with Gasteiger partial charge in [-0.25, -0.2) is 5.32 Å². The van der Waals surface area contributed by atoms with Gasteiger partial charge in [0.1, 0.15) is 0 Å². The van der Waals surface area contributed by atoms with E-state index in [4.69, 9.17) is 17.3 Å². The molecule has 5 heteroatoms. The Morgan fingerprint density at radius 3 is 2.31 bits per heavy atom. The molecule has 0 aromatic rings. The summed E-state index contributed by atoms with van der Waals surface area (Å²) >= 11 is 6.28. The fourth-order valence-corrected chi connectivity index (χ4v) is 5.92. The monoisotopic (exact) mass is 386 g/mol. The van der Waals surface area contributed by atoms with E-state index in [1.165, 1.54) is 64.2 Å². The number of nitrogens with one attached hydrogen (secondary N) is 1. The fraction of sp³-hybridized carbons (Fsp3) is 1.00. The van der Waals surface area contributed by atoms with Crippen molar-refractivity contribution < 1.29 is 10.4 Å². The Morgan fingerprint density at radius 2 is 1.58 bits per heavy atom. The molecule has 152 valence electrons. The molecule has 3 saturated carbocycles. The lowest BCUT2D eigenvalue weighted by molar-refractivity contribution is -0.735. The van der Waals surface area contributed by atoms with Gasteiger partial charge >= 0.3 is 0 Å². The number of nitrogens with two attached hydrogens (primary N) is 2. The Morgan fingerprint density at radius 1 is 0.923 bits per heavy atom. The number of aliphatic hydroxyl groups excluding tert-OH is 1. The predicted molar refractivity (Wildman–Crippen MR) is 108 cm³/mol. The number of hydrogen-bond acceptors (Lipinski definition) is 3. The number of halogens is 1. The topological polar surface area (TPSA) is 74.9 Å². The number of quaternary nitrogens is 1. The highest BCUT2D eigenvalue weighted by Gasteiger charge is 2.36. The van der Waals surface area contributed by atoms with Crippen LogP contribution < -0.4 is 16.4 Å². The Balaban J connectivity index is 1.46. The Bertz CT molecular complexity index is 397. The zero-order valence-electron chi connectivity index (χ0n) is 16.4. The van der Waals surface area contributed by atoms with Crippen LogP contribution in [-0.4, -0.2) is 35.5 Å². The molecule has 0 spiro atoms. The van der Waals surface area contributed by atoms with Gasteiger partial charge in [0.05, 0.1) is 6.54 Å². The van der Waals surface area contributed by atoms with Crippen LogP contribution in [0.1, 0.15) is 83.5 Å². The number of rotatable bonds is 7. The van der Waals surface area contributed by atoms with Crippen LogP contribution in [-0.2, 0) is 0 Å². The molecular formula is C21H41ClN3O+. The Kier molecular flexibility index (Phi) is 8.51. The highest BCUT2D eigenvalue weighted by Crippen LogP contribution is 2.36. The molecule has 3 fully saturated rings. The van der Waals surface area contributed by atoms with Crippen LogP contribution in [0.4, 0.5) is 0 Å². The van der Waals surface area contributed by atoms with Gasteiger partial charge in [0.15, 0.2) is 0 Å². The molecule has 0 radical (unpaired) electrons. The molecule has 3 rings (SSSR count). The quantitative estimate of drug-likeness (QED) is 0.401. The van der Waals surface area contributed by atoms with Crippen molar-refractivity contribution in [3.05, 3.63) is 0 Å². The maximum absolute atomic E-state index is 10.6. The Hall–Kier alpha value is 0.130. The summed E-state index contributed by atoms with van der Waals surface area (Å²) < 4.78 is 0. The minimum Gasteiger partial charge on any atom is -0.332 e. The first-order chi connectivity index (χ1) is 12.6. The van der Waals surface area contributed by atoms with E-state index in [9.17, 15) is 5.11 Å². The van der Waals surface area contributed by atoms with Gasteiger partial charge in [0, 0.05) is 23.4 Å². The maximum Gasteiger partial charge on any atom is 0.247 e. The second kappa shape index (κ2) is 10.6. The second-order valence-corrected chi connectivity index (χ2v) is 9.85. The van der Waals surface area contributed by atoms with Gasteiger partial charge < -0.3 is 16.2 Å². The van der Waals surface area contributed by atoms with Crippen molar-refractivity contribution in [2.75, 3.05) is 6.54 Å². The lowest BCUT2D eigenvalue weighted by Gasteiger charge is -2.41. The van der Waals surface area contributed by atoms with Gasteiger partial charge in [-0.1, -0.05) is 32.1 Å². The van der Waals surface area contributed by atoms with E-state index in [-0.39, 0.29) is 6.04 Å². The predicted octanol–water partition coefficient (Wildman–Crippen LogP) is 2.68. The van der Waals surface area contributed by atoms with Crippen LogP contribution in [0.5, 0.6) is 0 Å². The zero-order chi connectivity index (χ0) is 18.4. The smallest absolute Gasteiger partial charge is 0.247 e. The largest absolute Gasteiger partial charge is 0.332 e. The van der Waals surface area contributed by atoms with Crippen LogP contribution in [0.2, 0.25) is 0 Å². The van der Waals surface area contributed by atoms with Crippen molar-refractivity contribution >= 4 is 11.6 Å². The van der Waals surface area contributed by atoms with Gasteiger partial charge in [0.25, 0.3) is 0 Å². The first-order valence-corrected chi connectivity index (χ1v) is 11.7. The summed E-state index contributed by atoms with van der Waals surface area (Å²) in [7, 11) is 0. The van der Waals surface area contributed by atoms with Crippen LogP contribution in [0.3, 0.4) is 0 Å². The van der Waals surface area contributed by atoms with Gasteiger partial charge in [-0.15, -0.1) is 11.6 Å². The molecule has 3 aliphatic carbocycles. The summed E-state index contributed by atoms with van der Waals surface area (Å²) in [5, 5.41) is 16.6. The molecule has 4 nitrogen and oxygen atoms in total. The molecule has 26 heavy (non-hydrogen) atoms. The van der Waals surface area contributed by atoms with Crippen LogP contribution in [0, 0.1) is 17.8 Å². The molecule has 0 aromatic carbocycles. The SMILES string of the molecule is NC(C1CCC(Cl)CC1)C1CCCCC1NC(O)[NH2+]CC1CCCCC1. The van der Waals surface area contributed by atoms with E-state index in [2.05, 4.69) is 10.6 Å². The molecule has 0 aromatic heterocycles. The number of aliphatic hydroxyl groups is 1. The minimum atomic E-state index is -0.478. The van der Waals surface area contributed by atoms with Gasteiger partial charge in [-0.05, 0) is 63.2 Å². The normalized spacial score (nSPS) is 36.6. The third-order valence-electron chi connectivity index (χ3n) is 7.36. The van der Waals surface area contributed by atoms with E-state index >= 15 is 0 Å². The summed E-state index contributed by atoms with van der Waals surface area (Å²) in [6.45, 7) is 1.05. The van der Waals surface area contributed by atoms with Gasteiger partial charge in [0.2, 0.25) is 6.35 Å². The molecule has 6 N–H and O–H groups in total. The van der Waals surface area contributed by atoms with Crippen LogP contribution in [0.15, 0.2) is 0 Å². The zero-order valence-corrected chi connectivity index (χ0v) is 17.2. The molecule has 0 bridgehead atoms. The summed E-state index contributed by atoms with van der Waals surface area (Å²) in [4.78, 5) is 0. The highest BCUT2D eigenvalue weighted by molar-refractivity contribution is 6.20. The maximum atomic E-state index is 10.6. The first-order valence-electron chi connectivity index (χ1n) is 11.3. The van der Waals surface area contributed by atoms with Crippen molar-refractivity contribution in [3.8, 4) is 0 Å². The van der Waals surface area contributed by atoms with Crippen LogP contribution >= 0.6 is 11.6 Å². The summed E-state index contributed by atoms with van der Waals surface area (Å²) in [6.07, 6.45) is 15.8. The molecule has 0 aliphatic heterocycles. The Labute approximate surface area is 165 Å². The molecule has 0 saturated heterocycles. The molecule has 3 aliphatic rings. The summed E-state index contributed by atoms with van der Waals surface area (Å²) in [6, 6.07) is 0.618. The first kappa shape index (κ1) is 20.9. The molecule has 0 amide bonds. The van der Waals surface area contributed by atoms with Crippen molar-refractivity contribution in [1.82, 2.24) is 5.32 Å². The highest BCUT2D eigenvalue weighted by atomic mass is 35.5.